The van der Waals surface area contributed by atoms with Gasteiger partial charge in [-0.1, -0.05) is 6.07 Å². The minimum absolute atomic E-state index is 0.201. The van der Waals surface area contributed by atoms with E-state index in [0.717, 1.165) is 12.1 Å². The quantitative estimate of drug-likeness (QED) is 0.792. The average Bonchev–Trinajstić information content (AvgIpc) is 2.61. The van der Waals surface area contributed by atoms with Crippen LogP contribution < -0.4 is 15.4 Å². The molecule has 26 heavy (non-hydrogen) atoms. The number of carbonyl (C=O) groups is 2. The molecular weight excluding hydrogens is 332 g/mol. The number of amides is 2. The van der Waals surface area contributed by atoms with Gasteiger partial charge in [-0.05, 0) is 50.8 Å². The van der Waals surface area contributed by atoms with Crippen LogP contribution in [0.4, 0.5) is 5.69 Å². The summed E-state index contributed by atoms with van der Waals surface area (Å²) in [5.41, 5.74) is 2.12. The van der Waals surface area contributed by atoms with Gasteiger partial charge in [0.1, 0.15) is 11.4 Å². The van der Waals surface area contributed by atoms with Crippen LogP contribution in [0.15, 0.2) is 36.5 Å². The third-order valence-electron chi connectivity index (χ3n) is 3.70. The summed E-state index contributed by atoms with van der Waals surface area (Å²) in [6, 6.07) is 8.56. The van der Waals surface area contributed by atoms with Gasteiger partial charge in [-0.25, -0.2) is 0 Å². The molecule has 0 aliphatic heterocycles. The maximum atomic E-state index is 12.5. The lowest BCUT2D eigenvalue weighted by molar-refractivity contribution is 0.0946. The Bertz CT molecular complexity index is 790. The van der Waals surface area contributed by atoms with Gasteiger partial charge in [0.05, 0.1) is 12.8 Å². The number of aromatic nitrogens is 1. The highest BCUT2D eigenvalue weighted by atomic mass is 16.5. The third-order valence-corrected chi connectivity index (χ3v) is 3.70. The maximum absolute atomic E-state index is 12.5. The van der Waals surface area contributed by atoms with Crippen molar-refractivity contribution in [2.24, 2.45) is 0 Å². The predicted molar refractivity (Wildman–Crippen MR) is 101 cm³/mol. The fourth-order valence-electron chi connectivity index (χ4n) is 2.29. The summed E-state index contributed by atoms with van der Waals surface area (Å²) >= 11 is 0. The summed E-state index contributed by atoms with van der Waals surface area (Å²) in [7, 11) is 5.40. The van der Waals surface area contributed by atoms with Crippen molar-refractivity contribution in [1.29, 1.82) is 0 Å². The molecule has 0 aliphatic carbocycles. The van der Waals surface area contributed by atoms with Gasteiger partial charge in [0.25, 0.3) is 11.8 Å². The largest absolute Gasteiger partial charge is 0.495 e. The van der Waals surface area contributed by atoms with E-state index in [1.165, 1.54) is 12.3 Å². The zero-order valence-electron chi connectivity index (χ0n) is 15.5. The van der Waals surface area contributed by atoms with Crippen molar-refractivity contribution >= 4 is 17.5 Å². The topological polar surface area (TPSA) is 83.6 Å². The van der Waals surface area contributed by atoms with E-state index in [4.69, 9.17) is 4.74 Å². The van der Waals surface area contributed by atoms with Crippen LogP contribution >= 0.6 is 0 Å². The van der Waals surface area contributed by atoms with Crippen molar-refractivity contribution in [2.75, 3.05) is 39.6 Å². The Morgan fingerprint density at radius 1 is 1.15 bits per heavy atom. The molecule has 1 aromatic heterocycles. The SMILES string of the molecule is COc1ccc(C)cc1NC(=O)c1ccnc(C(=O)NCCN(C)C)c1. The van der Waals surface area contributed by atoms with Crippen molar-refractivity contribution in [3.63, 3.8) is 0 Å². The first-order valence-electron chi connectivity index (χ1n) is 8.25. The molecular formula is C19H24N4O3. The first-order valence-corrected chi connectivity index (χ1v) is 8.25. The minimum Gasteiger partial charge on any atom is -0.495 e. The summed E-state index contributed by atoms with van der Waals surface area (Å²) in [5, 5.41) is 5.59. The van der Waals surface area contributed by atoms with Crippen LogP contribution in [0.1, 0.15) is 26.4 Å². The van der Waals surface area contributed by atoms with Crippen LogP contribution in [0.25, 0.3) is 0 Å². The molecule has 2 amide bonds. The molecule has 0 fully saturated rings. The average molecular weight is 356 g/mol. The molecule has 1 aromatic carbocycles. The first kappa shape index (κ1) is 19.4. The second-order valence-corrected chi connectivity index (χ2v) is 6.15. The first-order chi connectivity index (χ1) is 12.4. The Labute approximate surface area is 153 Å². The molecule has 2 rings (SSSR count). The zero-order chi connectivity index (χ0) is 19.1. The van der Waals surface area contributed by atoms with Crippen LogP contribution in [0.5, 0.6) is 5.75 Å². The van der Waals surface area contributed by atoms with Gasteiger partial charge < -0.3 is 20.3 Å². The molecule has 0 atom stereocenters. The van der Waals surface area contributed by atoms with Crippen LogP contribution in [0.3, 0.4) is 0 Å². The normalized spacial score (nSPS) is 10.5. The maximum Gasteiger partial charge on any atom is 0.269 e. The Morgan fingerprint density at radius 3 is 2.62 bits per heavy atom. The van der Waals surface area contributed by atoms with Crippen molar-refractivity contribution in [2.45, 2.75) is 6.92 Å². The summed E-state index contributed by atoms with van der Waals surface area (Å²) in [6.07, 6.45) is 1.45. The van der Waals surface area contributed by atoms with E-state index in [1.54, 1.807) is 19.2 Å². The van der Waals surface area contributed by atoms with Gasteiger partial charge in [0.15, 0.2) is 0 Å². The van der Waals surface area contributed by atoms with Crippen molar-refractivity contribution in [3.05, 3.63) is 53.3 Å². The second-order valence-electron chi connectivity index (χ2n) is 6.15. The molecule has 2 aromatic rings. The Hall–Kier alpha value is -2.93. The van der Waals surface area contributed by atoms with Crippen LogP contribution in [0, 0.1) is 6.92 Å². The highest BCUT2D eigenvalue weighted by Gasteiger charge is 2.13. The Balaban J connectivity index is 2.10. The molecule has 7 nitrogen and oxygen atoms in total. The van der Waals surface area contributed by atoms with Crippen LogP contribution in [0.2, 0.25) is 0 Å². The lowest BCUT2D eigenvalue weighted by atomic mass is 10.1. The van der Waals surface area contributed by atoms with Gasteiger partial charge in [-0.15, -0.1) is 0 Å². The highest BCUT2D eigenvalue weighted by molar-refractivity contribution is 6.06. The van der Waals surface area contributed by atoms with Gasteiger partial charge in [-0.2, -0.15) is 0 Å². The van der Waals surface area contributed by atoms with E-state index in [2.05, 4.69) is 15.6 Å². The highest BCUT2D eigenvalue weighted by Crippen LogP contribution is 2.25. The number of aryl methyl sites for hydroxylation is 1. The molecule has 0 spiro atoms. The van der Waals surface area contributed by atoms with E-state index in [1.807, 2.05) is 38.1 Å². The van der Waals surface area contributed by atoms with Crippen molar-refractivity contribution in [1.82, 2.24) is 15.2 Å². The molecule has 1 heterocycles. The van der Waals surface area contributed by atoms with Crippen molar-refractivity contribution < 1.29 is 14.3 Å². The Kier molecular flexibility index (Phi) is 6.68. The third kappa shape index (κ3) is 5.29. The molecule has 7 heteroatoms. The monoisotopic (exact) mass is 356 g/mol. The second kappa shape index (κ2) is 8.96. The molecule has 0 bridgehead atoms. The standard InChI is InChI=1S/C19H24N4O3/c1-13-5-6-17(26-4)15(11-13)22-18(24)14-7-8-20-16(12-14)19(25)21-9-10-23(2)3/h5-8,11-12H,9-10H2,1-4H3,(H,21,25)(H,22,24). The fraction of sp³-hybridized carbons (Fsp3) is 0.316. The molecule has 138 valence electrons. The van der Waals surface area contributed by atoms with Crippen LogP contribution in [-0.4, -0.2) is 56.0 Å². The number of hydrogen-bond donors (Lipinski definition) is 2. The zero-order valence-corrected chi connectivity index (χ0v) is 15.5. The van der Waals surface area contributed by atoms with Gasteiger partial charge in [-0.3, -0.25) is 14.6 Å². The van der Waals surface area contributed by atoms with Gasteiger partial charge >= 0.3 is 0 Å². The number of rotatable bonds is 7. The molecule has 0 radical (unpaired) electrons. The van der Waals surface area contributed by atoms with Gasteiger partial charge in [0, 0.05) is 24.8 Å². The van der Waals surface area contributed by atoms with E-state index in [-0.39, 0.29) is 17.5 Å². The minimum atomic E-state index is -0.335. The number of likely N-dealkylation sites (N-methyl/N-ethyl adjacent to an activating group) is 1. The number of ether oxygens (including phenoxy) is 1. The van der Waals surface area contributed by atoms with Gasteiger partial charge in [0.2, 0.25) is 0 Å². The molecule has 0 aliphatic rings. The predicted octanol–water partition coefficient (Wildman–Crippen LogP) is 1.94. The van der Waals surface area contributed by atoms with E-state index in [9.17, 15) is 9.59 Å². The summed E-state index contributed by atoms with van der Waals surface area (Å²) in [4.78, 5) is 30.7. The molecule has 2 N–H and O–H groups in total. The summed E-state index contributed by atoms with van der Waals surface area (Å²) < 4.78 is 5.27. The smallest absolute Gasteiger partial charge is 0.269 e. The number of nitrogens with zero attached hydrogens (tertiary/aromatic N) is 2. The van der Waals surface area contributed by atoms with Crippen molar-refractivity contribution in [3.8, 4) is 5.75 Å². The van der Waals surface area contributed by atoms with Crippen LogP contribution in [-0.2, 0) is 0 Å². The number of nitrogens with one attached hydrogen (secondary N) is 2. The lowest BCUT2D eigenvalue weighted by Gasteiger charge is -2.12. The molecule has 0 unspecified atom stereocenters. The molecule has 0 saturated heterocycles. The Morgan fingerprint density at radius 2 is 1.92 bits per heavy atom. The van der Waals surface area contributed by atoms with E-state index >= 15 is 0 Å². The van der Waals surface area contributed by atoms with E-state index in [0.29, 0.717) is 23.5 Å². The number of pyridine rings is 1. The number of benzene rings is 1. The number of methoxy groups -OCH3 is 1. The number of anilines is 1. The number of hydrogen-bond acceptors (Lipinski definition) is 5. The fourth-order valence-corrected chi connectivity index (χ4v) is 2.29. The number of carbonyl (C=O) groups excluding carboxylic acids is 2. The van der Waals surface area contributed by atoms with E-state index < -0.39 is 0 Å². The summed E-state index contributed by atoms with van der Waals surface area (Å²) in [6.45, 7) is 3.15. The lowest BCUT2D eigenvalue weighted by Crippen LogP contribution is -2.32. The summed E-state index contributed by atoms with van der Waals surface area (Å²) in [5.74, 6) is -0.0760. The molecule has 0 saturated carbocycles.